The van der Waals surface area contributed by atoms with E-state index in [0.717, 1.165) is 12.3 Å². The van der Waals surface area contributed by atoms with Crippen LogP contribution in [0.4, 0.5) is 26.3 Å². The van der Waals surface area contributed by atoms with Crippen molar-refractivity contribution in [1.82, 2.24) is 19.5 Å². The van der Waals surface area contributed by atoms with E-state index in [0.29, 0.717) is 27.7 Å². The van der Waals surface area contributed by atoms with Gasteiger partial charge in [0, 0.05) is 42.5 Å². The van der Waals surface area contributed by atoms with Gasteiger partial charge < -0.3 is 9.30 Å². The number of fused-ring (bicyclic) bond motifs is 1. The first-order valence-corrected chi connectivity index (χ1v) is 11.0. The second-order valence-electron chi connectivity index (χ2n) is 8.14. The zero-order chi connectivity index (χ0) is 26.3. The van der Waals surface area contributed by atoms with E-state index in [9.17, 15) is 26.3 Å². The number of rotatable bonds is 6. The van der Waals surface area contributed by atoms with Crippen LogP contribution in [0.15, 0.2) is 49.1 Å². The van der Waals surface area contributed by atoms with E-state index < -0.39 is 36.8 Å². The molecule has 0 N–H and O–H groups in total. The molecule has 0 bridgehead atoms. The topological polar surface area (TPSA) is 52.8 Å². The lowest BCUT2D eigenvalue weighted by Crippen LogP contribution is -2.12. The summed E-state index contributed by atoms with van der Waals surface area (Å²) in [6.45, 7) is 0. The van der Waals surface area contributed by atoms with Gasteiger partial charge in [0.05, 0.1) is 29.9 Å². The summed E-state index contributed by atoms with van der Waals surface area (Å²) in [5.41, 5.74) is 0.846. The Bertz CT molecular complexity index is 1400. The summed E-state index contributed by atoms with van der Waals surface area (Å²) in [5.74, 6) is -0.723. The minimum absolute atomic E-state index is 0.0170. The van der Waals surface area contributed by atoms with Crippen molar-refractivity contribution in [1.29, 1.82) is 0 Å². The zero-order valence-corrected chi connectivity index (χ0v) is 19.7. The molecule has 4 aromatic rings. The Morgan fingerprint density at radius 3 is 2.39 bits per heavy atom. The fraction of sp³-hybridized carbons (Fsp3) is 0.292. The monoisotopic (exact) mass is 528 g/mol. The van der Waals surface area contributed by atoms with Gasteiger partial charge in [-0.25, -0.2) is 9.97 Å². The maximum atomic E-state index is 13.4. The van der Waals surface area contributed by atoms with Crippen LogP contribution < -0.4 is 4.74 Å². The number of ether oxygens (including phenoxy) is 1. The molecule has 0 aliphatic carbocycles. The van der Waals surface area contributed by atoms with Gasteiger partial charge in [0.1, 0.15) is 5.69 Å². The number of aryl methyl sites for hydroxylation is 1. The van der Waals surface area contributed by atoms with Crippen LogP contribution in [0.3, 0.4) is 0 Å². The maximum absolute atomic E-state index is 13.4. The molecule has 1 aromatic carbocycles. The van der Waals surface area contributed by atoms with Crippen molar-refractivity contribution in [3.8, 4) is 5.88 Å². The average molecular weight is 529 g/mol. The minimum atomic E-state index is -4.65. The molecule has 0 amide bonds. The molecule has 3 aromatic heterocycles. The molecule has 0 saturated heterocycles. The zero-order valence-electron chi connectivity index (χ0n) is 19.0. The molecule has 0 spiro atoms. The quantitative estimate of drug-likeness (QED) is 0.261. The number of methoxy groups -OCH3 is 1. The second kappa shape index (κ2) is 9.61. The first-order valence-electron chi connectivity index (χ1n) is 10.6. The van der Waals surface area contributed by atoms with E-state index in [1.165, 1.54) is 25.7 Å². The smallest absolute Gasteiger partial charge is 0.433 e. The van der Waals surface area contributed by atoms with Crippen molar-refractivity contribution in [2.45, 2.75) is 31.1 Å². The van der Waals surface area contributed by atoms with Crippen LogP contribution in [0.2, 0.25) is 5.02 Å². The summed E-state index contributed by atoms with van der Waals surface area (Å²) < 4.78 is 85.7. The average Bonchev–Trinajstić information content (AvgIpc) is 3.23. The molecular formula is C24H19ClF6N4O. The molecule has 0 fully saturated rings. The van der Waals surface area contributed by atoms with Gasteiger partial charge in [0.25, 0.3) is 0 Å². The number of hydrogen-bond acceptors (Lipinski definition) is 4. The molecule has 0 aliphatic heterocycles. The molecule has 36 heavy (non-hydrogen) atoms. The Kier molecular flexibility index (Phi) is 6.87. The van der Waals surface area contributed by atoms with Crippen molar-refractivity contribution in [3.05, 3.63) is 82.2 Å². The Labute approximate surface area is 206 Å². The fourth-order valence-corrected chi connectivity index (χ4v) is 4.38. The summed E-state index contributed by atoms with van der Waals surface area (Å²) >= 11 is 6.55. The Hall–Kier alpha value is -3.34. The number of alkyl halides is 6. The lowest BCUT2D eigenvalue weighted by atomic mass is 9.87. The third kappa shape index (κ3) is 5.25. The van der Waals surface area contributed by atoms with Gasteiger partial charge in [0.15, 0.2) is 0 Å². The molecule has 1 unspecified atom stereocenters. The third-order valence-electron chi connectivity index (χ3n) is 5.74. The number of halogens is 7. The molecule has 3 heterocycles. The SMILES string of the molecule is COc1nc2ccc(C(c3ccnc(C(F)(F)F)c3)c3cncn3C)cc2c(Cl)c1CCC(F)(F)F. The molecule has 0 radical (unpaired) electrons. The molecule has 5 nitrogen and oxygen atoms in total. The number of nitrogens with zero attached hydrogens (tertiary/aromatic N) is 4. The van der Waals surface area contributed by atoms with Crippen LogP contribution in [0, 0.1) is 0 Å². The highest BCUT2D eigenvalue weighted by atomic mass is 35.5. The molecule has 12 heteroatoms. The first-order chi connectivity index (χ1) is 16.9. The molecule has 0 saturated carbocycles. The van der Waals surface area contributed by atoms with Gasteiger partial charge in [-0.1, -0.05) is 17.7 Å². The van der Waals surface area contributed by atoms with Crippen LogP contribution in [0.25, 0.3) is 10.9 Å². The summed E-state index contributed by atoms with van der Waals surface area (Å²) in [5, 5.41) is 0.391. The Morgan fingerprint density at radius 1 is 1.06 bits per heavy atom. The van der Waals surface area contributed by atoms with Crippen molar-refractivity contribution in [2.75, 3.05) is 7.11 Å². The third-order valence-corrected chi connectivity index (χ3v) is 6.18. The highest BCUT2D eigenvalue weighted by Gasteiger charge is 2.34. The lowest BCUT2D eigenvalue weighted by molar-refractivity contribution is -0.141. The van der Waals surface area contributed by atoms with E-state index in [1.807, 2.05) is 0 Å². The summed E-state index contributed by atoms with van der Waals surface area (Å²) in [6.07, 6.45) is -6.48. The van der Waals surface area contributed by atoms with Crippen molar-refractivity contribution in [3.63, 3.8) is 0 Å². The first kappa shape index (κ1) is 25.7. The Morgan fingerprint density at radius 2 is 1.78 bits per heavy atom. The Balaban J connectivity index is 1.90. The highest BCUT2D eigenvalue weighted by molar-refractivity contribution is 6.36. The molecule has 4 rings (SSSR count). The van der Waals surface area contributed by atoms with Crippen molar-refractivity contribution >= 4 is 22.5 Å². The summed E-state index contributed by atoms with van der Waals surface area (Å²) in [6, 6.07) is 7.32. The van der Waals surface area contributed by atoms with E-state index in [2.05, 4.69) is 15.0 Å². The van der Waals surface area contributed by atoms with Crippen LogP contribution in [-0.2, 0) is 19.6 Å². The number of aromatic nitrogens is 4. The van der Waals surface area contributed by atoms with Gasteiger partial charge in [-0.15, -0.1) is 0 Å². The van der Waals surface area contributed by atoms with Gasteiger partial charge in [0.2, 0.25) is 5.88 Å². The molecule has 190 valence electrons. The van der Waals surface area contributed by atoms with Gasteiger partial charge in [-0.2, -0.15) is 26.3 Å². The molecule has 1 atom stereocenters. The van der Waals surface area contributed by atoms with Gasteiger partial charge >= 0.3 is 12.4 Å². The van der Waals surface area contributed by atoms with Crippen LogP contribution in [0.5, 0.6) is 5.88 Å². The van der Waals surface area contributed by atoms with Crippen LogP contribution >= 0.6 is 11.6 Å². The number of hydrogen-bond donors (Lipinski definition) is 0. The van der Waals surface area contributed by atoms with E-state index in [-0.39, 0.29) is 16.5 Å². The number of benzene rings is 1. The molecule has 0 aliphatic rings. The lowest BCUT2D eigenvalue weighted by Gasteiger charge is -2.21. The van der Waals surface area contributed by atoms with Crippen molar-refractivity contribution in [2.24, 2.45) is 7.05 Å². The van der Waals surface area contributed by atoms with Gasteiger partial charge in [-0.05, 0) is 41.8 Å². The largest absolute Gasteiger partial charge is 0.481 e. The summed E-state index contributed by atoms with van der Waals surface area (Å²) in [4.78, 5) is 11.8. The van der Waals surface area contributed by atoms with Crippen LogP contribution in [-0.4, -0.2) is 32.8 Å². The van der Waals surface area contributed by atoms with E-state index in [1.54, 1.807) is 29.8 Å². The fourth-order valence-electron chi connectivity index (χ4n) is 4.05. The molecular weight excluding hydrogens is 510 g/mol. The maximum Gasteiger partial charge on any atom is 0.433 e. The highest BCUT2D eigenvalue weighted by Crippen LogP contribution is 2.39. The minimum Gasteiger partial charge on any atom is -0.481 e. The normalized spacial score (nSPS) is 13.2. The second-order valence-corrected chi connectivity index (χ2v) is 8.52. The van der Waals surface area contributed by atoms with Crippen LogP contribution in [0.1, 0.15) is 40.4 Å². The number of pyridine rings is 2. The summed E-state index contributed by atoms with van der Waals surface area (Å²) in [7, 11) is 2.99. The van der Waals surface area contributed by atoms with Crippen molar-refractivity contribution < 1.29 is 31.1 Å². The predicted octanol–water partition coefficient (Wildman–Crippen LogP) is 6.72. The number of imidazole rings is 1. The van der Waals surface area contributed by atoms with E-state index >= 15 is 0 Å². The predicted molar refractivity (Wildman–Crippen MR) is 121 cm³/mol. The van der Waals surface area contributed by atoms with E-state index in [4.69, 9.17) is 16.3 Å². The standard InChI is InChI=1S/C24H19ClF6N4O/c1-35-12-32-11-18(35)20(14-6-8-33-19(10-14)24(29,30)31)13-3-4-17-16(9-13)21(25)15(22(34-17)36-2)5-7-23(26,27)28/h3-4,6,8-12,20H,5,7H2,1-2H3. The van der Waals surface area contributed by atoms with Gasteiger partial charge in [-0.3, -0.25) is 4.98 Å².